The molecule has 1 unspecified atom stereocenters. The number of nitroso groups, excluding NO2 is 1. The number of hydrogen-bond acceptors (Lipinski definition) is 3. The molecule has 2 aromatic rings. The smallest absolute Gasteiger partial charge is 0.303 e. The molecule has 1 atom stereocenters. The number of halogens is 4. The number of carbonyl (C=O) groups is 1. The van der Waals surface area contributed by atoms with E-state index in [9.17, 15) is 22.9 Å². The Bertz CT molecular complexity index is 781. The fourth-order valence-corrected chi connectivity index (χ4v) is 2.39. The Morgan fingerprint density at radius 1 is 1.17 bits per heavy atom. The van der Waals surface area contributed by atoms with Crippen LogP contribution in [0.15, 0.2) is 35.5 Å². The second-order valence-corrected chi connectivity index (χ2v) is 5.45. The van der Waals surface area contributed by atoms with Crippen LogP contribution in [0.1, 0.15) is 24.4 Å². The zero-order valence-corrected chi connectivity index (χ0v) is 12.9. The number of hydrogen-bond donors (Lipinski definition) is 1. The van der Waals surface area contributed by atoms with Crippen molar-refractivity contribution < 1.29 is 23.1 Å². The molecule has 2 rings (SSSR count). The highest BCUT2D eigenvalue weighted by Crippen LogP contribution is 2.34. The molecule has 0 heterocycles. The van der Waals surface area contributed by atoms with Crippen molar-refractivity contribution >= 4 is 17.6 Å². The van der Waals surface area contributed by atoms with E-state index in [1.165, 1.54) is 24.3 Å². The predicted molar refractivity (Wildman–Crippen MR) is 82.2 cm³/mol. The summed E-state index contributed by atoms with van der Waals surface area (Å²) in [5, 5.41) is 11.5. The summed E-state index contributed by atoms with van der Waals surface area (Å²) in [6, 6.07) is 4.60. The van der Waals surface area contributed by atoms with Crippen LogP contribution in [0.4, 0.5) is 13.2 Å². The van der Waals surface area contributed by atoms with Crippen LogP contribution in [0.5, 0.6) is 0 Å². The Morgan fingerprint density at radius 3 is 2.33 bits per heavy atom. The first-order valence-corrected chi connectivity index (χ1v) is 7.20. The van der Waals surface area contributed by atoms with Crippen molar-refractivity contribution in [2.45, 2.75) is 18.9 Å². The van der Waals surface area contributed by atoms with E-state index in [2.05, 4.69) is 5.18 Å². The average Bonchev–Trinajstić information content (AvgIpc) is 2.54. The van der Waals surface area contributed by atoms with Crippen LogP contribution in [0.25, 0.3) is 11.1 Å². The van der Waals surface area contributed by atoms with Gasteiger partial charge in [-0.2, -0.15) is 4.91 Å². The first-order valence-electron chi connectivity index (χ1n) is 6.82. The van der Waals surface area contributed by atoms with Crippen molar-refractivity contribution in [3.63, 3.8) is 0 Å². The Labute approximate surface area is 139 Å². The van der Waals surface area contributed by atoms with Crippen LogP contribution in [0, 0.1) is 22.4 Å². The van der Waals surface area contributed by atoms with Crippen molar-refractivity contribution in [3.05, 3.63) is 63.3 Å². The lowest BCUT2D eigenvalue weighted by Gasteiger charge is -2.13. The van der Waals surface area contributed by atoms with Gasteiger partial charge in [0.05, 0.1) is 5.56 Å². The third kappa shape index (κ3) is 3.73. The van der Waals surface area contributed by atoms with Gasteiger partial charge in [0, 0.05) is 17.0 Å². The fraction of sp³-hybridized carbons (Fsp3) is 0.188. The molecule has 2 aromatic carbocycles. The van der Waals surface area contributed by atoms with Crippen molar-refractivity contribution in [2.24, 2.45) is 5.18 Å². The summed E-state index contributed by atoms with van der Waals surface area (Å²) >= 11 is 5.70. The van der Waals surface area contributed by atoms with E-state index in [0.29, 0.717) is 11.1 Å². The van der Waals surface area contributed by atoms with Gasteiger partial charge in [0.15, 0.2) is 11.6 Å². The summed E-state index contributed by atoms with van der Waals surface area (Å²) in [6.07, 6.45) is -0.854. The Morgan fingerprint density at radius 2 is 1.79 bits per heavy atom. The summed E-state index contributed by atoms with van der Waals surface area (Å²) in [4.78, 5) is 21.4. The van der Waals surface area contributed by atoms with Gasteiger partial charge in [-0.3, -0.25) is 4.79 Å². The monoisotopic (exact) mass is 357 g/mol. The minimum absolute atomic E-state index is 0.0704. The topological polar surface area (TPSA) is 66.7 Å². The van der Waals surface area contributed by atoms with Gasteiger partial charge in [-0.1, -0.05) is 28.9 Å². The van der Waals surface area contributed by atoms with E-state index in [4.69, 9.17) is 16.7 Å². The molecule has 0 aliphatic rings. The number of aliphatic carboxylic acids is 1. The molecule has 0 bridgehead atoms. The number of rotatable bonds is 6. The minimum atomic E-state index is -1.50. The molecular formula is C16H11ClF3NO3. The number of nitrogens with zero attached hydrogens (tertiary/aromatic N) is 1. The maximum Gasteiger partial charge on any atom is 0.303 e. The summed E-state index contributed by atoms with van der Waals surface area (Å²) in [7, 11) is 0. The first kappa shape index (κ1) is 17.9. The van der Waals surface area contributed by atoms with Gasteiger partial charge < -0.3 is 5.11 Å². The molecule has 0 radical (unpaired) electrons. The molecule has 0 aliphatic carbocycles. The second kappa shape index (κ2) is 7.44. The molecule has 0 amide bonds. The van der Waals surface area contributed by atoms with Gasteiger partial charge >= 0.3 is 5.97 Å². The zero-order chi connectivity index (χ0) is 17.9. The Hall–Kier alpha value is -2.41. The summed E-state index contributed by atoms with van der Waals surface area (Å²) < 4.78 is 42.8. The summed E-state index contributed by atoms with van der Waals surface area (Å²) in [5.41, 5.74) is -1.14. The number of carboxylic acids is 1. The highest BCUT2D eigenvalue weighted by Gasteiger charge is 2.26. The molecule has 8 heteroatoms. The molecule has 0 saturated heterocycles. The molecule has 0 fully saturated rings. The van der Waals surface area contributed by atoms with Crippen LogP contribution in [-0.2, 0) is 4.79 Å². The van der Waals surface area contributed by atoms with Crippen molar-refractivity contribution in [1.29, 1.82) is 0 Å². The molecule has 1 N–H and O–H groups in total. The van der Waals surface area contributed by atoms with E-state index in [0.717, 1.165) is 0 Å². The predicted octanol–water partition coefficient (Wildman–Crippen LogP) is 5.10. The van der Waals surface area contributed by atoms with Crippen LogP contribution < -0.4 is 0 Å². The van der Waals surface area contributed by atoms with Crippen LogP contribution >= 0.6 is 11.6 Å². The van der Waals surface area contributed by atoms with Gasteiger partial charge in [-0.25, -0.2) is 13.2 Å². The molecule has 0 aliphatic heterocycles. The summed E-state index contributed by atoms with van der Waals surface area (Å²) in [6.45, 7) is 0. The van der Waals surface area contributed by atoms with Gasteiger partial charge in [0.25, 0.3) is 0 Å². The van der Waals surface area contributed by atoms with Crippen LogP contribution in [0.3, 0.4) is 0 Å². The van der Waals surface area contributed by atoms with E-state index in [1.54, 1.807) is 0 Å². The largest absolute Gasteiger partial charge is 0.481 e. The van der Waals surface area contributed by atoms with Gasteiger partial charge in [0.2, 0.25) is 0 Å². The highest BCUT2D eigenvalue weighted by molar-refractivity contribution is 6.30. The fourth-order valence-electron chi connectivity index (χ4n) is 2.26. The Kier molecular flexibility index (Phi) is 5.56. The maximum absolute atomic E-state index is 14.3. The molecular weight excluding hydrogens is 347 g/mol. The van der Waals surface area contributed by atoms with E-state index >= 15 is 0 Å². The van der Waals surface area contributed by atoms with Gasteiger partial charge in [-0.15, -0.1) is 0 Å². The maximum atomic E-state index is 14.3. The molecule has 126 valence electrons. The lowest BCUT2D eigenvalue weighted by molar-refractivity contribution is -0.137. The Balaban J connectivity index is 2.49. The molecule has 0 saturated carbocycles. The average molecular weight is 358 g/mol. The van der Waals surface area contributed by atoms with E-state index in [1.807, 2.05) is 0 Å². The van der Waals surface area contributed by atoms with Crippen LogP contribution in [-0.4, -0.2) is 11.1 Å². The lowest BCUT2D eigenvalue weighted by atomic mass is 9.96. The highest BCUT2D eigenvalue weighted by atomic mass is 35.5. The SMILES string of the molecule is O=NC(CCC(=O)O)c1cc(F)c(-c2ccc(Cl)cc2)c(F)c1F. The third-order valence-electron chi connectivity index (χ3n) is 3.44. The van der Waals surface area contributed by atoms with E-state index < -0.39 is 47.0 Å². The van der Waals surface area contributed by atoms with Gasteiger partial charge in [-0.05, 0) is 30.2 Å². The van der Waals surface area contributed by atoms with Crippen molar-refractivity contribution in [3.8, 4) is 11.1 Å². The molecule has 0 aromatic heterocycles. The second-order valence-electron chi connectivity index (χ2n) is 5.01. The molecule has 0 spiro atoms. The number of carboxylic acid groups (broad SMARTS) is 1. The molecule has 24 heavy (non-hydrogen) atoms. The minimum Gasteiger partial charge on any atom is -0.481 e. The quantitative estimate of drug-likeness (QED) is 0.578. The standard InChI is InChI=1S/C16H11ClF3NO3/c17-9-3-1-8(2-4-9)14-11(18)7-10(15(19)16(14)20)12(21-24)5-6-13(22)23/h1-4,7,12H,5-6H2,(H,22,23). The van der Waals surface area contributed by atoms with Crippen molar-refractivity contribution in [1.82, 2.24) is 0 Å². The zero-order valence-electron chi connectivity index (χ0n) is 12.1. The normalized spacial score (nSPS) is 12.0. The summed E-state index contributed by atoms with van der Waals surface area (Å²) in [5.74, 6) is -5.23. The molecule has 4 nitrogen and oxygen atoms in total. The first-order chi connectivity index (χ1) is 11.3. The lowest BCUT2D eigenvalue weighted by Crippen LogP contribution is -2.07. The van der Waals surface area contributed by atoms with Crippen molar-refractivity contribution in [2.75, 3.05) is 0 Å². The third-order valence-corrected chi connectivity index (χ3v) is 3.69. The van der Waals surface area contributed by atoms with Gasteiger partial charge in [0.1, 0.15) is 11.9 Å². The van der Waals surface area contributed by atoms with E-state index in [-0.39, 0.29) is 12.0 Å². The van der Waals surface area contributed by atoms with Crippen LogP contribution in [0.2, 0.25) is 5.02 Å². The number of benzene rings is 2.